The second-order valence-electron chi connectivity index (χ2n) is 4.22. The normalized spacial score (nSPS) is 12.7. The number of unbranched alkanes of at least 4 members (excludes halogenated alkanes) is 1. The molecule has 5 nitrogen and oxygen atoms in total. The van der Waals surface area contributed by atoms with E-state index in [1.54, 1.807) is 0 Å². The molecule has 2 rings (SSSR count). The number of aliphatic carboxylic acids is 1. The molecule has 0 amide bonds. The van der Waals surface area contributed by atoms with Crippen LogP contribution in [0.25, 0.3) is 0 Å². The van der Waals surface area contributed by atoms with E-state index in [1.165, 1.54) is 0 Å². The molecule has 1 aliphatic heterocycles. The monoisotopic (exact) mass is 251 g/mol. The third-order valence-electron chi connectivity index (χ3n) is 2.76. The summed E-state index contributed by atoms with van der Waals surface area (Å²) in [4.78, 5) is 10.3. The fourth-order valence-corrected chi connectivity index (χ4v) is 1.81. The Morgan fingerprint density at radius 3 is 2.94 bits per heavy atom. The van der Waals surface area contributed by atoms with Gasteiger partial charge in [0.1, 0.15) is 0 Å². The zero-order valence-corrected chi connectivity index (χ0v) is 10.1. The lowest BCUT2D eigenvalue weighted by molar-refractivity contribution is -0.137. The Balaban J connectivity index is 1.66. The maximum absolute atomic E-state index is 10.3. The Kier molecular flexibility index (Phi) is 4.41. The first kappa shape index (κ1) is 12.7. The zero-order valence-electron chi connectivity index (χ0n) is 10.1. The lowest BCUT2D eigenvalue weighted by atomic mass is 10.2. The van der Waals surface area contributed by atoms with E-state index in [0.717, 1.165) is 36.6 Å². The van der Waals surface area contributed by atoms with Crippen LogP contribution in [0.4, 0.5) is 0 Å². The number of benzene rings is 1. The highest BCUT2D eigenvalue weighted by atomic mass is 16.7. The number of carboxylic acid groups (broad SMARTS) is 1. The highest BCUT2D eigenvalue weighted by molar-refractivity contribution is 5.66. The number of hydrogen-bond acceptors (Lipinski definition) is 4. The van der Waals surface area contributed by atoms with Gasteiger partial charge < -0.3 is 19.9 Å². The molecule has 0 aliphatic carbocycles. The van der Waals surface area contributed by atoms with Crippen molar-refractivity contribution in [1.82, 2.24) is 5.32 Å². The quantitative estimate of drug-likeness (QED) is 0.723. The van der Waals surface area contributed by atoms with Crippen LogP contribution in [0.15, 0.2) is 18.2 Å². The largest absolute Gasteiger partial charge is 0.481 e. The van der Waals surface area contributed by atoms with Crippen molar-refractivity contribution in [2.24, 2.45) is 0 Å². The van der Waals surface area contributed by atoms with Crippen molar-refractivity contribution in [3.63, 3.8) is 0 Å². The fourth-order valence-electron chi connectivity index (χ4n) is 1.81. The third-order valence-corrected chi connectivity index (χ3v) is 2.76. The van der Waals surface area contributed by atoms with Crippen LogP contribution in [0.2, 0.25) is 0 Å². The molecule has 0 spiro atoms. The Labute approximate surface area is 106 Å². The van der Waals surface area contributed by atoms with Crippen molar-refractivity contribution < 1.29 is 19.4 Å². The summed E-state index contributed by atoms with van der Waals surface area (Å²) in [7, 11) is 0. The van der Waals surface area contributed by atoms with Crippen LogP contribution >= 0.6 is 0 Å². The van der Waals surface area contributed by atoms with Gasteiger partial charge in [-0.15, -0.1) is 0 Å². The van der Waals surface area contributed by atoms with Crippen molar-refractivity contribution in [3.8, 4) is 11.5 Å². The van der Waals surface area contributed by atoms with E-state index in [9.17, 15) is 4.79 Å². The number of hydrogen-bond donors (Lipinski definition) is 2. The lowest BCUT2D eigenvalue weighted by Crippen LogP contribution is -2.14. The van der Waals surface area contributed by atoms with Gasteiger partial charge in [0.2, 0.25) is 6.79 Å². The Morgan fingerprint density at radius 1 is 1.28 bits per heavy atom. The molecule has 1 aromatic carbocycles. The van der Waals surface area contributed by atoms with Crippen molar-refractivity contribution in [2.75, 3.05) is 13.3 Å². The molecule has 1 aromatic rings. The summed E-state index contributed by atoms with van der Waals surface area (Å²) < 4.78 is 10.5. The van der Waals surface area contributed by atoms with Crippen molar-refractivity contribution in [2.45, 2.75) is 25.8 Å². The summed E-state index contributed by atoms with van der Waals surface area (Å²) in [5.74, 6) is 0.853. The molecule has 0 atom stereocenters. The average molecular weight is 251 g/mol. The lowest BCUT2D eigenvalue weighted by Gasteiger charge is -2.05. The van der Waals surface area contributed by atoms with Crippen LogP contribution in [-0.4, -0.2) is 24.4 Å². The van der Waals surface area contributed by atoms with Crippen LogP contribution < -0.4 is 14.8 Å². The van der Waals surface area contributed by atoms with Gasteiger partial charge in [0, 0.05) is 13.0 Å². The molecule has 0 bridgehead atoms. The minimum atomic E-state index is -0.731. The van der Waals surface area contributed by atoms with Crippen LogP contribution in [0.5, 0.6) is 11.5 Å². The molecular weight excluding hydrogens is 234 g/mol. The Morgan fingerprint density at radius 2 is 2.11 bits per heavy atom. The molecule has 0 unspecified atom stereocenters. The molecule has 5 heteroatoms. The number of carboxylic acids is 1. The first-order valence-corrected chi connectivity index (χ1v) is 6.07. The SMILES string of the molecule is O=C(O)CCCCNCc1ccc2c(c1)OCO2. The number of fused-ring (bicyclic) bond motifs is 1. The maximum Gasteiger partial charge on any atom is 0.303 e. The highest BCUT2D eigenvalue weighted by Gasteiger charge is 2.12. The Hall–Kier alpha value is -1.75. The van der Waals surface area contributed by atoms with E-state index in [0.29, 0.717) is 13.2 Å². The van der Waals surface area contributed by atoms with Gasteiger partial charge in [-0.2, -0.15) is 0 Å². The van der Waals surface area contributed by atoms with Gasteiger partial charge in [-0.3, -0.25) is 4.79 Å². The minimum absolute atomic E-state index is 0.242. The molecule has 2 N–H and O–H groups in total. The Bertz CT molecular complexity index is 419. The third kappa shape index (κ3) is 3.63. The standard InChI is InChI=1S/C13H17NO4/c15-13(16)3-1-2-6-14-8-10-4-5-11-12(7-10)18-9-17-11/h4-5,7,14H,1-3,6,8-9H2,(H,15,16). The predicted octanol–water partition coefficient (Wildman–Crippen LogP) is 1.76. The van der Waals surface area contributed by atoms with Gasteiger partial charge in [0.25, 0.3) is 0 Å². The van der Waals surface area contributed by atoms with E-state index in [1.807, 2.05) is 18.2 Å². The van der Waals surface area contributed by atoms with Crippen LogP contribution in [0.1, 0.15) is 24.8 Å². The molecule has 0 saturated heterocycles. The van der Waals surface area contributed by atoms with Gasteiger partial charge in [0.15, 0.2) is 11.5 Å². The van der Waals surface area contributed by atoms with E-state index in [4.69, 9.17) is 14.6 Å². The number of nitrogens with one attached hydrogen (secondary N) is 1. The van der Waals surface area contributed by atoms with Gasteiger partial charge in [-0.1, -0.05) is 6.07 Å². The van der Waals surface area contributed by atoms with Gasteiger partial charge in [-0.25, -0.2) is 0 Å². The summed E-state index contributed by atoms with van der Waals surface area (Å²) in [5, 5.41) is 11.8. The summed E-state index contributed by atoms with van der Waals surface area (Å²) in [6.45, 7) is 1.87. The van der Waals surface area contributed by atoms with Crippen molar-refractivity contribution in [3.05, 3.63) is 23.8 Å². The van der Waals surface area contributed by atoms with E-state index >= 15 is 0 Å². The van der Waals surface area contributed by atoms with Crippen LogP contribution in [0, 0.1) is 0 Å². The summed E-state index contributed by atoms with van der Waals surface area (Å²) >= 11 is 0. The molecule has 98 valence electrons. The van der Waals surface area contributed by atoms with Crippen molar-refractivity contribution in [1.29, 1.82) is 0 Å². The van der Waals surface area contributed by atoms with Crippen LogP contribution in [0.3, 0.4) is 0 Å². The van der Waals surface area contributed by atoms with Gasteiger partial charge in [-0.05, 0) is 37.1 Å². The number of ether oxygens (including phenoxy) is 2. The number of rotatable bonds is 7. The number of carbonyl (C=O) groups is 1. The molecular formula is C13H17NO4. The first-order chi connectivity index (χ1) is 8.75. The molecule has 18 heavy (non-hydrogen) atoms. The average Bonchev–Trinajstić information content (AvgIpc) is 2.80. The minimum Gasteiger partial charge on any atom is -0.481 e. The van der Waals surface area contributed by atoms with Crippen LogP contribution in [-0.2, 0) is 11.3 Å². The van der Waals surface area contributed by atoms with E-state index < -0.39 is 5.97 Å². The fraction of sp³-hybridized carbons (Fsp3) is 0.462. The molecule has 0 fully saturated rings. The molecule has 1 aliphatic rings. The topological polar surface area (TPSA) is 67.8 Å². The van der Waals surface area contributed by atoms with Crippen molar-refractivity contribution >= 4 is 5.97 Å². The van der Waals surface area contributed by atoms with E-state index in [2.05, 4.69) is 5.32 Å². The maximum atomic E-state index is 10.3. The molecule has 0 saturated carbocycles. The van der Waals surface area contributed by atoms with Gasteiger partial charge >= 0.3 is 5.97 Å². The highest BCUT2D eigenvalue weighted by Crippen LogP contribution is 2.32. The second kappa shape index (κ2) is 6.26. The molecule has 0 aromatic heterocycles. The molecule has 0 radical (unpaired) electrons. The smallest absolute Gasteiger partial charge is 0.303 e. The zero-order chi connectivity index (χ0) is 12.8. The predicted molar refractivity (Wildman–Crippen MR) is 65.8 cm³/mol. The second-order valence-corrected chi connectivity index (χ2v) is 4.22. The summed E-state index contributed by atoms with van der Waals surface area (Å²) in [5.41, 5.74) is 1.14. The molecule has 1 heterocycles. The summed E-state index contributed by atoms with van der Waals surface area (Å²) in [6, 6.07) is 5.87. The first-order valence-electron chi connectivity index (χ1n) is 6.07. The summed E-state index contributed by atoms with van der Waals surface area (Å²) in [6.07, 6.45) is 1.83. The van der Waals surface area contributed by atoms with E-state index in [-0.39, 0.29) is 6.42 Å². The van der Waals surface area contributed by atoms with Gasteiger partial charge in [0.05, 0.1) is 0 Å².